The molecule has 0 saturated heterocycles. The van der Waals surface area contributed by atoms with Gasteiger partial charge < -0.3 is 14.8 Å². The molecule has 0 unspecified atom stereocenters. The summed E-state index contributed by atoms with van der Waals surface area (Å²) in [5, 5.41) is 9.92. The third kappa shape index (κ3) is 7.80. The molecular formula is C22H30ClN3O5S2. The molecule has 0 fully saturated rings. The van der Waals surface area contributed by atoms with Crippen molar-refractivity contribution >= 4 is 44.0 Å². The molecule has 33 heavy (non-hydrogen) atoms. The number of aromatic nitrogens is 1. The number of benzene rings is 2. The number of hydrogen-bond donors (Lipinski definition) is 3. The Hall–Kier alpha value is -1.95. The minimum atomic E-state index is -3.46. The molecule has 0 aliphatic rings. The summed E-state index contributed by atoms with van der Waals surface area (Å²) in [7, 11) is -3.46. The molecule has 2 aromatic carbocycles. The van der Waals surface area contributed by atoms with E-state index in [0.29, 0.717) is 36.2 Å². The van der Waals surface area contributed by atoms with Gasteiger partial charge in [0.15, 0.2) is 0 Å². The molecule has 0 atom stereocenters. The first kappa shape index (κ1) is 27.3. The number of phenols is 1. The van der Waals surface area contributed by atoms with Crippen LogP contribution in [-0.4, -0.2) is 55.0 Å². The molecule has 3 rings (SSSR count). The number of halogens is 1. The first-order chi connectivity index (χ1) is 15.4. The molecule has 3 aromatic rings. The van der Waals surface area contributed by atoms with Gasteiger partial charge in [-0.3, -0.25) is 4.79 Å². The fourth-order valence-corrected chi connectivity index (χ4v) is 5.63. The van der Waals surface area contributed by atoms with Crippen molar-refractivity contribution in [3.8, 4) is 5.75 Å². The molecule has 3 N–H and O–H groups in total. The zero-order chi connectivity index (χ0) is 23.0. The summed E-state index contributed by atoms with van der Waals surface area (Å²) >= 11 is 1.03. The van der Waals surface area contributed by atoms with E-state index in [9.17, 15) is 18.3 Å². The standard InChI is InChI=1S/C22H29N3O5S2.ClH/c1-2-16-32(28,29)25(13-15-30-14-11-17-6-4-3-5-7-17)23-12-10-18-8-9-19(26)20-21(18)31-22(27)24-20;/h3-9,23,26H,2,10-16H2,1H3,(H,24,27);1H. The van der Waals surface area contributed by atoms with Crippen molar-refractivity contribution in [3.63, 3.8) is 0 Å². The van der Waals surface area contributed by atoms with Gasteiger partial charge in [-0.15, -0.1) is 16.8 Å². The van der Waals surface area contributed by atoms with Gasteiger partial charge in [0.1, 0.15) is 11.3 Å². The Morgan fingerprint density at radius 3 is 2.61 bits per heavy atom. The molecule has 0 saturated carbocycles. The summed E-state index contributed by atoms with van der Waals surface area (Å²) in [6.07, 6.45) is 1.79. The van der Waals surface area contributed by atoms with E-state index in [2.05, 4.69) is 10.4 Å². The van der Waals surface area contributed by atoms with Crippen molar-refractivity contribution in [1.29, 1.82) is 0 Å². The van der Waals surface area contributed by atoms with Crippen LogP contribution in [0.2, 0.25) is 0 Å². The van der Waals surface area contributed by atoms with Crippen molar-refractivity contribution in [3.05, 3.63) is 63.3 Å². The van der Waals surface area contributed by atoms with Gasteiger partial charge in [-0.05, 0) is 36.5 Å². The average molecular weight is 516 g/mol. The fraction of sp³-hybridized carbons (Fsp3) is 0.409. The third-order valence-corrected chi connectivity index (χ3v) is 7.80. The van der Waals surface area contributed by atoms with Crippen LogP contribution in [0.3, 0.4) is 0 Å². The Balaban J connectivity index is 0.00000385. The monoisotopic (exact) mass is 515 g/mol. The number of nitrogens with zero attached hydrogens (tertiary/aromatic N) is 1. The highest BCUT2D eigenvalue weighted by atomic mass is 35.5. The summed E-state index contributed by atoms with van der Waals surface area (Å²) in [5.41, 5.74) is 5.46. The molecule has 0 aliphatic heterocycles. The van der Waals surface area contributed by atoms with Crippen LogP contribution in [0, 0.1) is 0 Å². The van der Waals surface area contributed by atoms with Gasteiger partial charge >= 0.3 is 4.87 Å². The molecular weight excluding hydrogens is 486 g/mol. The van der Waals surface area contributed by atoms with E-state index >= 15 is 0 Å². The Morgan fingerprint density at radius 2 is 1.88 bits per heavy atom. The van der Waals surface area contributed by atoms with E-state index in [1.165, 1.54) is 16.0 Å². The van der Waals surface area contributed by atoms with Crippen molar-refractivity contribution in [1.82, 2.24) is 14.8 Å². The summed E-state index contributed by atoms with van der Waals surface area (Å²) in [4.78, 5) is 14.1. The average Bonchev–Trinajstić information content (AvgIpc) is 3.17. The molecule has 182 valence electrons. The maximum atomic E-state index is 12.6. The van der Waals surface area contributed by atoms with Gasteiger partial charge in [-0.2, -0.15) is 0 Å². The first-order valence-electron chi connectivity index (χ1n) is 10.6. The number of phenolic OH excluding ortho intramolecular Hbond substituents is 1. The Bertz CT molecular complexity index is 1170. The molecule has 0 spiro atoms. The first-order valence-corrected chi connectivity index (χ1v) is 13.0. The van der Waals surface area contributed by atoms with Crippen molar-refractivity contribution in [2.75, 3.05) is 32.1 Å². The van der Waals surface area contributed by atoms with E-state index in [0.717, 1.165) is 23.3 Å². The zero-order valence-electron chi connectivity index (χ0n) is 18.5. The van der Waals surface area contributed by atoms with Crippen LogP contribution in [-0.2, 0) is 27.6 Å². The number of ether oxygens (including phenoxy) is 1. The second-order valence-corrected chi connectivity index (χ2v) is 10.4. The van der Waals surface area contributed by atoms with Crippen LogP contribution in [0.15, 0.2) is 47.3 Å². The molecule has 1 heterocycles. The molecule has 11 heteroatoms. The zero-order valence-corrected chi connectivity index (χ0v) is 20.9. The number of nitrogens with one attached hydrogen (secondary N) is 2. The minimum Gasteiger partial charge on any atom is -0.506 e. The lowest BCUT2D eigenvalue weighted by Gasteiger charge is -2.23. The van der Waals surface area contributed by atoms with E-state index in [-0.39, 0.29) is 41.9 Å². The van der Waals surface area contributed by atoms with Crippen LogP contribution in [0.4, 0.5) is 0 Å². The Morgan fingerprint density at radius 1 is 1.12 bits per heavy atom. The lowest BCUT2D eigenvalue weighted by Crippen LogP contribution is -2.46. The van der Waals surface area contributed by atoms with Crippen molar-refractivity contribution in [2.45, 2.75) is 26.2 Å². The summed E-state index contributed by atoms with van der Waals surface area (Å²) < 4.78 is 32.9. The Labute approximate surface area is 204 Å². The highest BCUT2D eigenvalue weighted by Crippen LogP contribution is 2.27. The molecule has 0 amide bonds. The van der Waals surface area contributed by atoms with Crippen LogP contribution in [0.5, 0.6) is 5.75 Å². The number of aromatic hydroxyl groups is 1. The third-order valence-electron chi connectivity index (χ3n) is 4.94. The number of rotatable bonds is 13. The van der Waals surface area contributed by atoms with Gasteiger partial charge in [0.05, 0.1) is 30.2 Å². The van der Waals surface area contributed by atoms with E-state index < -0.39 is 10.0 Å². The lowest BCUT2D eigenvalue weighted by atomic mass is 10.1. The van der Waals surface area contributed by atoms with Crippen LogP contribution < -0.4 is 10.3 Å². The molecule has 0 radical (unpaired) electrons. The number of aromatic amines is 1. The van der Waals surface area contributed by atoms with E-state index in [4.69, 9.17) is 4.74 Å². The number of fused-ring (bicyclic) bond motifs is 1. The maximum Gasteiger partial charge on any atom is 0.305 e. The molecule has 0 bridgehead atoms. The highest BCUT2D eigenvalue weighted by molar-refractivity contribution is 7.89. The summed E-state index contributed by atoms with van der Waals surface area (Å²) in [6.45, 7) is 3.20. The largest absolute Gasteiger partial charge is 0.506 e. The smallest absolute Gasteiger partial charge is 0.305 e. The minimum absolute atomic E-state index is 0. The predicted octanol–water partition coefficient (Wildman–Crippen LogP) is 3.07. The number of sulfonamides is 1. The predicted molar refractivity (Wildman–Crippen MR) is 135 cm³/mol. The number of hydrogen-bond acceptors (Lipinski definition) is 7. The van der Waals surface area contributed by atoms with E-state index in [1.54, 1.807) is 6.07 Å². The van der Waals surface area contributed by atoms with Crippen LogP contribution >= 0.6 is 23.7 Å². The van der Waals surface area contributed by atoms with Gasteiger partial charge in [0, 0.05) is 6.54 Å². The quantitative estimate of drug-likeness (QED) is 0.238. The van der Waals surface area contributed by atoms with Crippen molar-refractivity contribution in [2.24, 2.45) is 0 Å². The van der Waals surface area contributed by atoms with Crippen LogP contribution in [0.25, 0.3) is 10.2 Å². The molecule has 1 aromatic heterocycles. The lowest BCUT2D eigenvalue weighted by molar-refractivity contribution is 0.116. The van der Waals surface area contributed by atoms with Gasteiger partial charge in [0.2, 0.25) is 10.0 Å². The second-order valence-electron chi connectivity index (χ2n) is 7.36. The SMILES string of the molecule is CCCS(=O)(=O)N(CCOCCc1ccccc1)NCCc1ccc(O)c2[nH]c(=O)sc12.Cl. The summed E-state index contributed by atoms with van der Waals surface area (Å²) in [6, 6.07) is 13.3. The molecule has 8 nitrogen and oxygen atoms in total. The topological polar surface area (TPSA) is 112 Å². The van der Waals surface area contributed by atoms with Gasteiger partial charge in [0.25, 0.3) is 0 Å². The molecule has 0 aliphatic carbocycles. The van der Waals surface area contributed by atoms with E-state index in [1.807, 2.05) is 37.3 Å². The Kier molecular flexibility index (Phi) is 10.8. The summed E-state index contributed by atoms with van der Waals surface area (Å²) in [5.74, 6) is 0.0715. The number of hydrazine groups is 1. The normalized spacial score (nSPS) is 11.7. The second kappa shape index (κ2) is 13.1. The number of thiazole rings is 1. The van der Waals surface area contributed by atoms with Crippen molar-refractivity contribution < 1.29 is 18.3 Å². The highest BCUT2D eigenvalue weighted by Gasteiger charge is 2.21. The maximum absolute atomic E-state index is 12.6. The van der Waals surface area contributed by atoms with Crippen LogP contribution in [0.1, 0.15) is 24.5 Å². The number of H-pyrrole nitrogens is 1. The van der Waals surface area contributed by atoms with Gasteiger partial charge in [-0.1, -0.05) is 54.7 Å². The fourth-order valence-electron chi connectivity index (χ4n) is 3.35. The van der Waals surface area contributed by atoms with Gasteiger partial charge in [-0.25, -0.2) is 13.8 Å².